The molecule has 1 aliphatic rings. The van der Waals surface area contributed by atoms with E-state index in [4.69, 9.17) is 5.11 Å². The molecule has 1 atom stereocenters. The minimum atomic E-state index is 0.214. The highest BCUT2D eigenvalue weighted by Gasteiger charge is 2.18. The highest BCUT2D eigenvalue weighted by atomic mass is 32.2. The highest BCUT2D eigenvalue weighted by Crippen LogP contribution is 2.35. The topological polar surface area (TPSA) is 32.3 Å². The first-order chi connectivity index (χ1) is 6.92. The van der Waals surface area contributed by atoms with Crippen molar-refractivity contribution >= 4 is 11.8 Å². The van der Waals surface area contributed by atoms with E-state index in [0.717, 1.165) is 6.42 Å². The predicted octanol–water partition coefficient (Wildman–Crippen LogP) is 1.81. The van der Waals surface area contributed by atoms with Crippen molar-refractivity contribution in [1.82, 2.24) is 5.32 Å². The fraction of sp³-hybridized carbons (Fsp3) is 0.455. The molecule has 1 aromatic carbocycles. The molecule has 2 nitrogen and oxygen atoms in total. The normalized spacial score (nSPS) is 20.5. The van der Waals surface area contributed by atoms with Gasteiger partial charge in [-0.1, -0.05) is 18.2 Å². The third-order valence-electron chi connectivity index (χ3n) is 2.46. The SMILES string of the molecule is OCCNC1CCSc2ccccc21. The molecule has 0 aliphatic carbocycles. The Bertz CT molecular complexity index is 303. The standard InChI is InChI=1S/C11H15NOS/c13-7-6-12-10-5-8-14-11-4-2-1-3-9(10)11/h1-4,10,12-13H,5-8H2. The van der Waals surface area contributed by atoms with Crippen molar-refractivity contribution in [3.05, 3.63) is 29.8 Å². The number of fused-ring (bicyclic) bond motifs is 1. The van der Waals surface area contributed by atoms with Crippen LogP contribution in [0, 0.1) is 0 Å². The Hall–Kier alpha value is -0.510. The summed E-state index contributed by atoms with van der Waals surface area (Å²) in [6.45, 7) is 0.898. The fourth-order valence-corrected chi connectivity index (χ4v) is 2.92. The van der Waals surface area contributed by atoms with Crippen LogP contribution < -0.4 is 5.32 Å². The van der Waals surface area contributed by atoms with Crippen molar-refractivity contribution in [1.29, 1.82) is 0 Å². The summed E-state index contributed by atoms with van der Waals surface area (Å²) in [7, 11) is 0. The van der Waals surface area contributed by atoms with Crippen LogP contribution in [0.25, 0.3) is 0 Å². The molecule has 1 aliphatic heterocycles. The molecule has 0 fully saturated rings. The quantitative estimate of drug-likeness (QED) is 0.796. The van der Waals surface area contributed by atoms with E-state index in [1.807, 2.05) is 11.8 Å². The van der Waals surface area contributed by atoms with Crippen molar-refractivity contribution in [2.75, 3.05) is 18.9 Å². The van der Waals surface area contributed by atoms with Gasteiger partial charge in [-0.15, -0.1) is 11.8 Å². The third kappa shape index (κ3) is 2.11. The molecule has 2 N–H and O–H groups in total. The molecule has 0 saturated heterocycles. The lowest BCUT2D eigenvalue weighted by Crippen LogP contribution is -2.27. The molecular weight excluding hydrogens is 194 g/mol. The van der Waals surface area contributed by atoms with Gasteiger partial charge >= 0.3 is 0 Å². The van der Waals surface area contributed by atoms with Crippen molar-refractivity contribution < 1.29 is 5.11 Å². The van der Waals surface area contributed by atoms with Crippen LogP contribution in [0.2, 0.25) is 0 Å². The number of nitrogens with one attached hydrogen (secondary N) is 1. The van der Waals surface area contributed by atoms with Gasteiger partial charge in [-0.25, -0.2) is 0 Å². The van der Waals surface area contributed by atoms with Gasteiger partial charge in [-0.05, 0) is 23.8 Å². The van der Waals surface area contributed by atoms with E-state index in [1.165, 1.54) is 16.2 Å². The Labute approximate surface area is 88.7 Å². The van der Waals surface area contributed by atoms with Crippen LogP contribution in [0.5, 0.6) is 0 Å². The van der Waals surface area contributed by atoms with E-state index in [2.05, 4.69) is 29.6 Å². The third-order valence-corrected chi connectivity index (χ3v) is 3.58. The van der Waals surface area contributed by atoms with Crippen molar-refractivity contribution in [2.45, 2.75) is 17.4 Å². The highest BCUT2D eigenvalue weighted by molar-refractivity contribution is 7.99. The second-order valence-corrected chi connectivity index (χ2v) is 4.54. The number of aliphatic hydroxyl groups is 1. The van der Waals surface area contributed by atoms with Crippen molar-refractivity contribution in [2.24, 2.45) is 0 Å². The largest absolute Gasteiger partial charge is 0.395 e. The summed E-state index contributed by atoms with van der Waals surface area (Å²) >= 11 is 1.92. The van der Waals surface area contributed by atoms with Crippen LogP contribution >= 0.6 is 11.8 Å². The van der Waals surface area contributed by atoms with E-state index in [1.54, 1.807) is 0 Å². The first-order valence-electron chi connectivity index (χ1n) is 4.98. The molecule has 1 aromatic rings. The number of thioether (sulfide) groups is 1. The molecular formula is C11H15NOS. The summed E-state index contributed by atoms with van der Waals surface area (Å²) in [5, 5.41) is 12.1. The van der Waals surface area contributed by atoms with Gasteiger partial charge in [0.15, 0.2) is 0 Å². The lowest BCUT2D eigenvalue weighted by atomic mass is 10.0. The minimum Gasteiger partial charge on any atom is -0.395 e. The predicted molar refractivity (Wildman–Crippen MR) is 59.6 cm³/mol. The Morgan fingerprint density at radius 2 is 2.29 bits per heavy atom. The van der Waals surface area contributed by atoms with Gasteiger partial charge in [0, 0.05) is 17.5 Å². The zero-order valence-corrected chi connectivity index (χ0v) is 8.89. The molecule has 0 bridgehead atoms. The monoisotopic (exact) mass is 209 g/mol. The Morgan fingerprint density at radius 3 is 3.14 bits per heavy atom. The average Bonchev–Trinajstić information content (AvgIpc) is 2.26. The van der Waals surface area contributed by atoms with Crippen molar-refractivity contribution in [3.8, 4) is 0 Å². The molecule has 0 radical (unpaired) electrons. The van der Waals surface area contributed by atoms with Gasteiger partial charge in [0.1, 0.15) is 0 Å². The summed E-state index contributed by atoms with van der Waals surface area (Å²) in [6, 6.07) is 8.95. The van der Waals surface area contributed by atoms with Crippen LogP contribution in [0.1, 0.15) is 18.0 Å². The number of hydrogen-bond acceptors (Lipinski definition) is 3. The molecule has 0 amide bonds. The van der Waals surface area contributed by atoms with Gasteiger partial charge in [-0.3, -0.25) is 0 Å². The van der Waals surface area contributed by atoms with E-state index < -0.39 is 0 Å². The Balaban J connectivity index is 2.14. The van der Waals surface area contributed by atoms with Crippen LogP contribution in [-0.4, -0.2) is 24.0 Å². The fourth-order valence-electron chi connectivity index (χ4n) is 1.79. The van der Waals surface area contributed by atoms with E-state index in [0.29, 0.717) is 12.6 Å². The smallest absolute Gasteiger partial charge is 0.0556 e. The van der Waals surface area contributed by atoms with Crippen LogP contribution in [-0.2, 0) is 0 Å². The van der Waals surface area contributed by atoms with E-state index >= 15 is 0 Å². The zero-order chi connectivity index (χ0) is 9.80. The van der Waals surface area contributed by atoms with Gasteiger partial charge in [-0.2, -0.15) is 0 Å². The average molecular weight is 209 g/mol. The van der Waals surface area contributed by atoms with E-state index in [-0.39, 0.29) is 6.61 Å². The maximum absolute atomic E-state index is 8.78. The van der Waals surface area contributed by atoms with Gasteiger partial charge in [0.25, 0.3) is 0 Å². The van der Waals surface area contributed by atoms with Gasteiger partial charge in [0.05, 0.1) is 6.61 Å². The second kappa shape index (κ2) is 4.82. The molecule has 14 heavy (non-hydrogen) atoms. The maximum atomic E-state index is 8.78. The maximum Gasteiger partial charge on any atom is 0.0556 e. The number of benzene rings is 1. The molecule has 0 aromatic heterocycles. The number of hydrogen-bond donors (Lipinski definition) is 2. The minimum absolute atomic E-state index is 0.214. The molecule has 0 saturated carbocycles. The lowest BCUT2D eigenvalue weighted by molar-refractivity contribution is 0.283. The molecule has 0 spiro atoms. The number of aliphatic hydroxyl groups excluding tert-OH is 1. The van der Waals surface area contributed by atoms with Gasteiger partial charge in [0.2, 0.25) is 0 Å². The van der Waals surface area contributed by atoms with Crippen LogP contribution in [0.4, 0.5) is 0 Å². The Kier molecular flexibility index (Phi) is 3.45. The molecule has 2 rings (SSSR count). The summed E-state index contributed by atoms with van der Waals surface area (Å²) in [4.78, 5) is 1.38. The summed E-state index contributed by atoms with van der Waals surface area (Å²) in [5.74, 6) is 1.17. The van der Waals surface area contributed by atoms with Crippen molar-refractivity contribution in [3.63, 3.8) is 0 Å². The van der Waals surface area contributed by atoms with Gasteiger partial charge < -0.3 is 10.4 Å². The lowest BCUT2D eigenvalue weighted by Gasteiger charge is -2.25. The first-order valence-corrected chi connectivity index (χ1v) is 5.96. The summed E-state index contributed by atoms with van der Waals surface area (Å²) in [6.07, 6.45) is 1.15. The summed E-state index contributed by atoms with van der Waals surface area (Å²) in [5.41, 5.74) is 1.39. The second-order valence-electron chi connectivity index (χ2n) is 3.41. The molecule has 76 valence electrons. The molecule has 1 unspecified atom stereocenters. The van der Waals surface area contributed by atoms with Crippen LogP contribution in [0.3, 0.4) is 0 Å². The first kappa shape index (κ1) is 10.0. The van der Waals surface area contributed by atoms with Crippen LogP contribution in [0.15, 0.2) is 29.2 Å². The van der Waals surface area contributed by atoms with E-state index in [9.17, 15) is 0 Å². The Morgan fingerprint density at radius 1 is 1.43 bits per heavy atom. The molecule has 3 heteroatoms. The summed E-state index contributed by atoms with van der Waals surface area (Å²) < 4.78 is 0. The molecule has 1 heterocycles. The zero-order valence-electron chi connectivity index (χ0n) is 8.07. The number of rotatable bonds is 3.